The van der Waals surface area contributed by atoms with Crippen LogP contribution in [0.1, 0.15) is 30.8 Å². The van der Waals surface area contributed by atoms with E-state index >= 15 is 0 Å². The molecule has 20 heavy (non-hydrogen) atoms. The van der Waals surface area contributed by atoms with Crippen LogP contribution in [0.5, 0.6) is 0 Å². The molecule has 2 heterocycles. The Bertz CT molecular complexity index is 852. The number of nitriles is 1. The first kappa shape index (κ1) is 13.3. The molecule has 0 spiro atoms. The van der Waals surface area contributed by atoms with Gasteiger partial charge in [-0.2, -0.15) is 0 Å². The van der Waals surface area contributed by atoms with Crippen LogP contribution in [0.3, 0.4) is 0 Å². The fourth-order valence-electron chi connectivity index (χ4n) is 2.32. The molecule has 0 aliphatic rings. The summed E-state index contributed by atoms with van der Waals surface area (Å²) in [7, 11) is 0. The van der Waals surface area contributed by atoms with Crippen LogP contribution in [-0.4, -0.2) is 20.3 Å². The molecule has 0 N–H and O–H groups in total. The normalized spacial score (nSPS) is 10.7. The minimum absolute atomic E-state index is 0.0247. The molecular formula is C16H11NOSSe. The van der Waals surface area contributed by atoms with Gasteiger partial charge in [0.05, 0.1) is 0 Å². The van der Waals surface area contributed by atoms with E-state index < -0.39 is 0 Å². The first-order valence-corrected chi connectivity index (χ1v) is 8.68. The van der Waals surface area contributed by atoms with E-state index in [-0.39, 0.29) is 20.3 Å². The van der Waals surface area contributed by atoms with Gasteiger partial charge in [0.1, 0.15) is 0 Å². The topological polar surface area (TPSA) is 40.9 Å². The molecule has 0 aliphatic heterocycles. The SMILES string of the molecule is Cc1c(C#N)sc2[se]c(C(=O)c3ccccc3)c(C)c12. The third-order valence-corrected chi connectivity index (χ3v) is 7.59. The number of fused-ring (bicyclic) bond motifs is 1. The Hall–Kier alpha value is -1.66. The molecule has 3 rings (SSSR count). The molecule has 0 radical (unpaired) electrons. The molecule has 0 fully saturated rings. The fourth-order valence-corrected chi connectivity index (χ4v) is 6.70. The van der Waals surface area contributed by atoms with Crippen molar-refractivity contribution < 1.29 is 4.79 Å². The number of carbonyl (C=O) groups excluding carboxylic acids is 1. The molecule has 4 heteroatoms. The Labute approximate surface area is 127 Å². The van der Waals surface area contributed by atoms with E-state index in [4.69, 9.17) is 5.26 Å². The maximum absolute atomic E-state index is 12.6. The van der Waals surface area contributed by atoms with Crippen LogP contribution < -0.4 is 0 Å². The summed E-state index contributed by atoms with van der Waals surface area (Å²) >= 11 is 1.57. The van der Waals surface area contributed by atoms with E-state index in [0.717, 1.165) is 31.4 Å². The molecule has 2 aromatic heterocycles. The Morgan fingerprint density at radius 2 is 1.90 bits per heavy atom. The second-order valence-electron chi connectivity index (χ2n) is 4.58. The zero-order chi connectivity index (χ0) is 14.3. The van der Waals surface area contributed by atoms with Crippen molar-refractivity contribution in [3.05, 3.63) is 56.3 Å². The van der Waals surface area contributed by atoms with Crippen LogP contribution in [0.2, 0.25) is 0 Å². The van der Waals surface area contributed by atoms with E-state index in [1.165, 1.54) is 3.57 Å². The molecule has 0 saturated heterocycles. The van der Waals surface area contributed by atoms with Crippen molar-refractivity contribution in [1.29, 1.82) is 5.26 Å². The van der Waals surface area contributed by atoms with Gasteiger partial charge in [-0.05, 0) is 0 Å². The van der Waals surface area contributed by atoms with Crippen molar-refractivity contribution in [3.8, 4) is 6.07 Å². The van der Waals surface area contributed by atoms with Gasteiger partial charge in [-0.1, -0.05) is 0 Å². The maximum atomic E-state index is 12.6. The molecule has 0 unspecified atom stereocenters. The second kappa shape index (κ2) is 5.03. The van der Waals surface area contributed by atoms with Crippen molar-refractivity contribution >= 4 is 40.6 Å². The van der Waals surface area contributed by atoms with Crippen molar-refractivity contribution in [2.75, 3.05) is 0 Å². The summed E-state index contributed by atoms with van der Waals surface area (Å²) in [6.45, 7) is 3.98. The molecule has 0 saturated carbocycles. The Balaban J connectivity index is 2.17. The number of aryl methyl sites for hydroxylation is 2. The predicted molar refractivity (Wildman–Crippen MR) is 82.8 cm³/mol. The summed E-state index contributed by atoms with van der Waals surface area (Å²) in [4.78, 5) is 13.4. The van der Waals surface area contributed by atoms with Gasteiger partial charge in [0.15, 0.2) is 0 Å². The molecule has 98 valence electrons. The number of rotatable bonds is 2. The van der Waals surface area contributed by atoms with Gasteiger partial charge >= 0.3 is 127 Å². The zero-order valence-electron chi connectivity index (χ0n) is 11.1. The summed E-state index contributed by atoms with van der Waals surface area (Å²) in [6.07, 6.45) is 0. The molecule has 1 aromatic carbocycles. The van der Waals surface area contributed by atoms with Crippen LogP contribution in [-0.2, 0) is 0 Å². The molecular weight excluding hydrogens is 333 g/mol. The van der Waals surface area contributed by atoms with Crippen molar-refractivity contribution in [1.82, 2.24) is 0 Å². The fraction of sp³-hybridized carbons (Fsp3) is 0.125. The summed E-state index contributed by atoms with van der Waals surface area (Å²) < 4.78 is 2.14. The number of ketones is 1. The Kier molecular flexibility index (Phi) is 3.35. The molecule has 2 nitrogen and oxygen atoms in total. The van der Waals surface area contributed by atoms with Crippen molar-refractivity contribution in [3.63, 3.8) is 0 Å². The van der Waals surface area contributed by atoms with E-state index in [0.29, 0.717) is 0 Å². The van der Waals surface area contributed by atoms with E-state index in [1.807, 2.05) is 44.2 Å². The van der Waals surface area contributed by atoms with Gasteiger partial charge < -0.3 is 0 Å². The van der Waals surface area contributed by atoms with Crippen molar-refractivity contribution in [2.45, 2.75) is 13.8 Å². The Morgan fingerprint density at radius 3 is 2.50 bits per heavy atom. The summed E-state index contributed by atoms with van der Waals surface area (Å²) in [5.74, 6) is 0.129. The van der Waals surface area contributed by atoms with Crippen molar-refractivity contribution in [2.24, 2.45) is 0 Å². The third kappa shape index (κ3) is 1.96. The molecule has 0 bridgehead atoms. The predicted octanol–water partition coefficient (Wildman–Crippen LogP) is 3.68. The Morgan fingerprint density at radius 1 is 1.20 bits per heavy atom. The molecule has 0 amide bonds. The number of carbonyl (C=O) groups is 1. The van der Waals surface area contributed by atoms with E-state index in [9.17, 15) is 4.79 Å². The van der Waals surface area contributed by atoms with Crippen LogP contribution in [0.15, 0.2) is 30.3 Å². The van der Waals surface area contributed by atoms with Crippen LogP contribution in [0.25, 0.3) is 8.96 Å². The second-order valence-corrected chi connectivity index (χ2v) is 8.33. The molecule has 0 atom stereocenters. The average molecular weight is 344 g/mol. The van der Waals surface area contributed by atoms with Gasteiger partial charge in [0.25, 0.3) is 0 Å². The first-order valence-electron chi connectivity index (χ1n) is 6.15. The number of nitrogens with zero attached hydrogens (tertiary/aromatic N) is 1. The third-order valence-electron chi connectivity index (χ3n) is 3.37. The van der Waals surface area contributed by atoms with Gasteiger partial charge in [0, 0.05) is 0 Å². The minimum atomic E-state index is 0.0247. The quantitative estimate of drug-likeness (QED) is 0.526. The number of hydrogen-bond acceptors (Lipinski definition) is 3. The summed E-state index contributed by atoms with van der Waals surface area (Å²) in [5.41, 5.74) is 2.84. The average Bonchev–Trinajstić information content (AvgIpc) is 2.97. The number of hydrogen-bond donors (Lipinski definition) is 0. The van der Waals surface area contributed by atoms with Crippen LogP contribution in [0.4, 0.5) is 0 Å². The van der Waals surface area contributed by atoms with Gasteiger partial charge in [-0.25, -0.2) is 0 Å². The summed E-state index contributed by atoms with van der Waals surface area (Å²) in [6, 6.07) is 11.7. The molecule has 3 aromatic rings. The van der Waals surface area contributed by atoms with Gasteiger partial charge in [0.2, 0.25) is 0 Å². The first-order chi connectivity index (χ1) is 9.63. The molecule has 0 aliphatic carbocycles. The zero-order valence-corrected chi connectivity index (χ0v) is 13.6. The standard InChI is InChI=1S/C16H11NOSSe/c1-9-12(8-17)19-16-13(9)10(2)15(20-16)14(18)11-6-4-3-5-7-11/h3-7H,1-2H3. The van der Waals surface area contributed by atoms with E-state index in [2.05, 4.69) is 6.07 Å². The van der Waals surface area contributed by atoms with Crippen LogP contribution in [0, 0.1) is 25.2 Å². The monoisotopic (exact) mass is 345 g/mol. The van der Waals surface area contributed by atoms with Gasteiger partial charge in [-0.15, -0.1) is 0 Å². The van der Waals surface area contributed by atoms with E-state index in [1.54, 1.807) is 11.3 Å². The van der Waals surface area contributed by atoms with Gasteiger partial charge in [-0.3, -0.25) is 0 Å². The number of thiophene rings is 1. The summed E-state index contributed by atoms with van der Waals surface area (Å²) in [5, 5.41) is 10.2. The van der Waals surface area contributed by atoms with Crippen LogP contribution >= 0.6 is 11.3 Å². The number of benzene rings is 1.